The highest BCUT2D eigenvalue weighted by atomic mass is 35.5. The summed E-state index contributed by atoms with van der Waals surface area (Å²) in [5, 5.41) is 21.7. The van der Waals surface area contributed by atoms with Gasteiger partial charge >= 0.3 is 0 Å². The quantitative estimate of drug-likeness (QED) is 0.650. The number of rotatable bonds is 8. The molecule has 0 saturated heterocycles. The Morgan fingerprint density at radius 3 is 2.63 bits per heavy atom. The van der Waals surface area contributed by atoms with Gasteiger partial charge in [0, 0.05) is 17.8 Å². The lowest BCUT2D eigenvalue weighted by Gasteiger charge is -2.22. The largest absolute Gasteiger partial charge is 0.392 e. The Morgan fingerprint density at radius 2 is 2.07 bits per heavy atom. The van der Waals surface area contributed by atoms with Crippen LogP contribution < -0.4 is 5.32 Å². The number of pyridine rings is 1. The maximum Gasteiger partial charge on any atom is 0.124 e. The van der Waals surface area contributed by atoms with E-state index in [9.17, 15) is 4.39 Å². The molecule has 2 aromatic rings. The first-order valence-electron chi connectivity index (χ1n) is 8.58. The lowest BCUT2D eigenvalue weighted by atomic mass is 9.95. The van der Waals surface area contributed by atoms with Gasteiger partial charge in [0.25, 0.3) is 0 Å². The van der Waals surface area contributed by atoms with Crippen molar-refractivity contribution in [3.05, 3.63) is 88.0 Å². The molecule has 2 rings (SSSR count). The molecule has 1 aromatic heterocycles. The number of aliphatic hydroxyl groups excluding tert-OH is 1. The van der Waals surface area contributed by atoms with Crippen molar-refractivity contribution in [3.8, 4) is 6.07 Å². The smallest absolute Gasteiger partial charge is 0.124 e. The first kappa shape index (κ1) is 20.8. The molecule has 0 saturated carbocycles. The Morgan fingerprint density at radius 1 is 1.33 bits per heavy atom. The van der Waals surface area contributed by atoms with E-state index in [-0.39, 0.29) is 18.5 Å². The van der Waals surface area contributed by atoms with Crippen LogP contribution in [0, 0.1) is 11.3 Å². The Balaban J connectivity index is 2.32. The monoisotopic (exact) mass is 385 g/mol. The fourth-order valence-electron chi connectivity index (χ4n) is 2.67. The van der Waals surface area contributed by atoms with Crippen LogP contribution in [0.1, 0.15) is 36.2 Å². The van der Waals surface area contributed by atoms with Gasteiger partial charge in [0.05, 0.1) is 23.9 Å². The summed E-state index contributed by atoms with van der Waals surface area (Å²) < 4.78 is 14.7. The molecule has 0 amide bonds. The summed E-state index contributed by atoms with van der Waals surface area (Å²) in [6.07, 6.45) is 4.65. The topological polar surface area (TPSA) is 68.9 Å². The molecule has 0 aliphatic rings. The van der Waals surface area contributed by atoms with E-state index in [1.54, 1.807) is 24.3 Å². The van der Waals surface area contributed by atoms with Crippen molar-refractivity contribution >= 4 is 11.6 Å². The Hall–Kier alpha value is -2.52. The average Bonchev–Trinajstić information content (AvgIpc) is 2.70. The van der Waals surface area contributed by atoms with Crippen molar-refractivity contribution in [2.24, 2.45) is 0 Å². The highest BCUT2D eigenvalue weighted by molar-refractivity contribution is 6.30. The molecule has 0 bridgehead atoms. The molecular formula is C21H21ClFN3O. The number of aromatic nitrogens is 1. The summed E-state index contributed by atoms with van der Waals surface area (Å²) >= 11 is 5.98. The van der Waals surface area contributed by atoms with Gasteiger partial charge in [0.1, 0.15) is 11.9 Å². The van der Waals surface area contributed by atoms with Crippen LogP contribution in [0.15, 0.2) is 66.1 Å². The first-order valence-corrected chi connectivity index (χ1v) is 8.96. The SMILES string of the molecule is CC/C(=C(F)\C=C\CO)C(NCc1ccc(C#N)cn1)c1ccc(Cl)cc1. The standard InChI is InChI=1S/C21H21ClFN3O/c1-2-19(20(23)4-3-11-27)21(16-6-8-17(22)9-7-16)26-14-18-10-5-15(12-24)13-25-18/h3-10,13,21,26-27H,2,11,14H2,1H3/b4-3+,20-19-. The van der Waals surface area contributed by atoms with Gasteiger partial charge < -0.3 is 10.4 Å². The number of nitriles is 1. The van der Waals surface area contributed by atoms with Gasteiger partial charge in [-0.1, -0.05) is 36.7 Å². The highest BCUT2D eigenvalue weighted by Gasteiger charge is 2.19. The Labute approximate surface area is 163 Å². The van der Waals surface area contributed by atoms with E-state index in [1.807, 2.05) is 25.1 Å². The number of allylic oxidation sites excluding steroid dienone is 2. The second kappa shape index (κ2) is 10.6. The molecular weight excluding hydrogens is 365 g/mol. The molecule has 0 spiro atoms. The van der Waals surface area contributed by atoms with E-state index in [1.165, 1.54) is 18.3 Å². The average molecular weight is 386 g/mol. The fourth-order valence-corrected chi connectivity index (χ4v) is 2.80. The minimum atomic E-state index is -0.383. The van der Waals surface area contributed by atoms with Crippen LogP contribution in [0.25, 0.3) is 0 Å². The minimum absolute atomic E-state index is 0.224. The molecule has 1 unspecified atom stereocenters. The lowest BCUT2D eigenvalue weighted by Crippen LogP contribution is -2.24. The summed E-state index contributed by atoms with van der Waals surface area (Å²) in [6, 6.07) is 12.3. The van der Waals surface area contributed by atoms with Crippen LogP contribution >= 0.6 is 11.6 Å². The first-order chi connectivity index (χ1) is 13.1. The normalized spacial score (nSPS) is 13.3. The highest BCUT2D eigenvalue weighted by Crippen LogP contribution is 2.29. The van der Waals surface area contributed by atoms with Crippen LogP contribution in [0.5, 0.6) is 0 Å². The molecule has 0 aliphatic heterocycles. The third kappa shape index (κ3) is 6.00. The van der Waals surface area contributed by atoms with Crippen LogP contribution in [0.3, 0.4) is 0 Å². The molecule has 1 atom stereocenters. The van der Waals surface area contributed by atoms with Crippen LogP contribution in [-0.4, -0.2) is 16.7 Å². The third-order valence-corrected chi connectivity index (χ3v) is 4.30. The summed E-state index contributed by atoms with van der Waals surface area (Å²) in [4.78, 5) is 4.25. The van der Waals surface area contributed by atoms with E-state index in [0.717, 1.165) is 11.3 Å². The minimum Gasteiger partial charge on any atom is -0.392 e. The van der Waals surface area contributed by atoms with E-state index >= 15 is 0 Å². The van der Waals surface area contributed by atoms with E-state index in [2.05, 4.69) is 10.3 Å². The van der Waals surface area contributed by atoms with Crippen molar-refractivity contribution in [1.82, 2.24) is 10.3 Å². The molecule has 140 valence electrons. The molecule has 0 aliphatic carbocycles. The Kier molecular flexibility index (Phi) is 8.15. The van der Waals surface area contributed by atoms with Gasteiger partial charge in [0.15, 0.2) is 0 Å². The zero-order valence-corrected chi connectivity index (χ0v) is 15.7. The van der Waals surface area contributed by atoms with E-state index < -0.39 is 0 Å². The van der Waals surface area contributed by atoms with Gasteiger partial charge in [0.2, 0.25) is 0 Å². The zero-order chi connectivity index (χ0) is 19.6. The molecule has 0 radical (unpaired) electrons. The summed E-state index contributed by atoms with van der Waals surface area (Å²) in [5.41, 5.74) is 2.67. The molecule has 1 heterocycles. The van der Waals surface area contributed by atoms with Crippen molar-refractivity contribution < 1.29 is 9.50 Å². The van der Waals surface area contributed by atoms with E-state index in [4.69, 9.17) is 22.0 Å². The maximum absolute atomic E-state index is 14.7. The van der Waals surface area contributed by atoms with Gasteiger partial charge in [-0.3, -0.25) is 4.98 Å². The summed E-state index contributed by atoms with van der Waals surface area (Å²) in [5.74, 6) is -0.383. The van der Waals surface area contributed by atoms with Crippen LogP contribution in [0.4, 0.5) is 4.39 Å². The number of hydrogen-bond donors (Lipinski definition) is 2. The van der Waals surface area contributed by atoms with Gasteiger partial charge in [-0.2, -0.15) is 5.26 Å². The predicted molar refractivity (Wildman–Crippen MR) is 105 cm³/mol. The molecule has 2 N–H and O–H groups in total. The van der Waals surface area contributed by atoms with Crippen molar-refractivity contribution in [2.45, 2.75) is 25.9 Å². The number of nitrogens with one attached hydrogen (secondary N) is 1. The van der Waals surface area contributed by atoms with Gasteiger partial charge in [-0.05, 0) is 47.9 Å². The number of nitrogens with zero attached hydrogens (tertiary/aromatic N) is 2. The number of benzene rings is 1. The van der Waals surface area contributed by atoms with E-state index in [0.29, 0.717) is 29.1 Å². The summed E-state index contributed by atoms with van der Waals surface area (Å²) in [6.45, 7) is 2.06. The molecule has 27 heavy (non-hydrogen) atoms. The number of halogens is 2. The van der Waals surface area contributed by atoms with Crippen LogP contribution in [0.2, 0.25) is 5.02 Å². The number of aliphatic hydroxyl groups is 1. The lowest BCUT2D eigenvalue weighted by molar-refractivity contribution is 0.342. The zero-order valence-electron chi connectivity index (χ0n) is 15.0. The fraction of sp³-hybridized carbons (Fsp3) is 0.238. The second-order valence-corrected chi connectivity index (χ2v) is 6.26. The summed E-state index contributed by atoms with van der Waals surface area (Å²) in [7, 11) is 0. The maximum atomic E-state index is 14.7. The second-order valence-electron chi connectivity index (χ2n) is 5.83. The van der Waals surface area contributed by atoms with Crippen molar-refractivity contribution in [1.29, 1.82) is 5.26 Å². The van der Waals surface area contributed by atoms with Crippen LogP contribution in [-0.2, 0) is 6.54 Å². The van der Waals surface area contributed by atoms with Crippen molar-refractivity contribution in [2.75, 3.05) is 6.61 Å². The molecule has 4 nitrogen and oxygen atoms in total. The Bertz CT molecular complexity index is 839. The number of hydrogen-bond acceptors (Lipinski definition) is 4. The molecule has 1 aromatic carbocycles. The van der Waals surface area contributed by atoms with Gasteiger partial charge in [-0.15, -0.1) is 0 Å². The predicted octanol–water partition coefficient (Wildman–Crippen LogP) is 4.62. The van der Waals surface area contributed by atoms with Gasteiger partial charge in [-0.25, -0.2) is 4.39 Å². The molecule has 0 fully saturated rings. The van der Waals surface area contributed by atoms with Crippen molar-refractivity contribution in [3.63, 3.8) is 0 Å². The molecule has 6 heteroatoms. The third-order valence-electron chi connectivity index (χ3n) is 4.05.